The zero-order valence-electron chi connectivity index (χ0n) is 11.5. The van der Waals surface area contributed by atoms with Crippen LogP contribution in [0.25, 0.3) is 0 Å². The SMILES string of the molecule is CCCC(CNCC)Oc1ccc(C)c(C)c1. The molecule has 0 radical (unpaired) electrons. The van der Waals surface area contributed by atoms with E-state index in [4.69, 9.17) is 4.74 Å². The van der Waals surface area contributed by atoms with Crippen LogP contribution in [-0.4, -0.2) is 19.2 Å². The number of aryl methyl sites for hydroxylation is 2. The van der Waals surface area contributed by atoms with Gasteiger partial charge in [0.05, 0.1) is 0 Å². The second kappa shape index (κ2) is 7.33. The lowest BCUT2D eigenvalue weighted by Gasteiger charge is -2.19. The Kier molecular flexibility index (Phi) is 6.06. The highest BCUT2D eigenvalue weighted by Gasteiger charge is 2.09. The van der Waals surface area contributed by atoms with E-state index in [1.54, 1.807) is 0 Å². The van der Waals surface area contributed by atoms with Gasteiger partial charge in [-0.2, -0.15) is 0 Å². The first-order chi connectivity index (χ1) is 8.17. The number of nitrogens with one attached hydrogen (secondary N) is 1. The van der Waals surface area contributed by atoms with E-state index in [0.717, 1.165) is 31.7 Å². The average Bonchev–Trinajstić information content (AvgIpc) is 2.31. The Morgan fingerprint density at radius 1 is 1.18 bits per heavy atom. The molecule has 0 aliphatic heterocycles. The first-order valence-electron chi connectivity index (χ1n) is 6.62. The minimum absolute atomic E-state index is 0.280. The molecule has 1 aromatic rings. The van der Waals surface area contributed by atoms with E-state index in [0.29, 0.717) is 0 Å². The Hall–Kier alpha value is -1.02. The van der Waals surface area contributed by atoms with Crippen molar-refractivity contribution in [2.24, 2.45) is 0 Å². The molecule has 0 aromatic heterocycles. The van der Waals surface area contributed by atoms with Crippen LogP contribution >= 0.6 is 0 Å². The summed E-state index contributed by atoms with van der Waals surface area (Å²) in [6.07, 6.45) is 2.53. The van der Waals surface area contributed by atoms with Gasteiger partial charge in [0.1, 0.15) is 11.9 Å². The molecule has 17 heavy (non-hydrogen) atoms. The maximum atomic E-state index is 6.03. The van der Waals surface area contributed by atoms with Crippen molar-refractivity contribution in [2.45, 2.75) is 46.6 Å². The van der Waals surface area contributed by atoms with Crippen molar-refractivity contribution < 1.29 is 4.74 Å². The molecule has 0 saturated heterocycles. The van der Waals surface area contributed by atoms with Gasteiger partial charge in [-0.05, 0) is 50.1 Å². The standard InChI is InChI=1S/C15H25NO/c1-5-7-15(11-16-6-2)17-14-9-8-12(3)13(4)10-14/h8-10,15-16H,5-7,11H2,1-4H3. The summed E-state index contributed by atoms with van der Waals surface area (Å²) in [5.41, 5.74) is 2.61. The molecule has 1 unspecified atom stereocenters. The minimum atomic E-state index is 0.280. The third kappa shape index (κ3) is 4.78. The topological polar surface area (TPSA) is 21.3 Å². The van der Waals surface area contributed by atoms with Crippen LogP contribution in [0.3, 0.4) is 0 Å². The first-order valence-corrected chi connectivity index (χ1v) is 6.62. The van der Waals surface area contributed by atoms with Crippen LogP contribution in [-0.2, 0) is 0 Å². The van der Waals surface area contributed by atoms with E-state index in [2.05, 4.69) is 51.2 Å². The molecular weight excluding hydrogens is 210 g/mol. The number of ether oxygens (including phenoxy) is 1. The van der Waals surface area contributed by atoms with Crippen molar-refractivity contribution in [3.05, 3.63) is 29.3 Å². The lowest BCUT2D eigenvalue weighted by molar-refractivity contribution is 0.187. The fourth-order valence-corrected chi connectivity index (χ4v) is 1.81. The molecule has 0 bridgehead atoms. The number of benzene rings is 1. The highest BCUT2D eigenvalue weighted by molar-refractivity contribution is 5.33. The molecule has 0 aliphatic rings. The van der Waals surface area contributed by atoms with E-state index in [1.807, 2.05) is 0 Å². The molecule has 0 amide bonds. The molecule has 0 saturated carbocycles. The van der Waals surface area contributed by atoms with Crippen LogP contribution in [0.4, 0.5) is 0 Å². The van der Waals surface area contributed by atoms with Crippen molar-refractivity contribution in [2.75, 3.05) is 13.1 Å². The molecule has 1 N–H and O–H groups in total. The maximum Gasteiger partial charge on any atom is 0.120 e. The second-order valence-corrected chi connectivity index (χ2v) is 4.58. The normalized spacial score (nSPS) is 12.5. The minimum Gasteiger partial charge on any atom is -0.489 e. The summed E-state index contributed by atoms with van der Waals surface area (Å²) in [6.45, 7) is 10.5. The summed E-state index contributed by atoms with van der Waals surface area (Å²) >= 11 is 0. The van der Waals surface area contributed by atoms with Gasteiger partial charge in [-0.25, -0.2) is 0 Å². The lowest BCUT2D eigenvalue weighted by Crippen LogP contribution is -2.31. The molecule has 2 nitrogen and oxygen atoms in total. The van der Waals surface area contributed by atoms with Crippen LogP contribution < -0.4 is 10.1 Å². The van der Waals surface area contributed by atoms with E-state index in [9.17, 15) is 0 Å². The highest BCUT2D eigenvalue weighted by Crippen LogP contribution is 2.18. The Bertz CT molecular complexity index is 336. The fraction of sp³-hybridized carbons (Fsp3) is 0.600. The molecule has 0 heterocycles. The third-order valence-corrected chi connectivity index (χ3v) is 3.01. The molecule has 96 valence electrons. The molecule has 1 aromatic carbocycles. The van der Waals surface area contributed by atoms with Crippen LogP contribution in [0.2, 0.25) is 0 Å². The van der Waals surface area contributed by atoms with Gasteiger partial charge in [-0.1, -0.05) is 26.3 Å². The molecule has 1 rings (SSSR count). The van der Waals surface area contributed by atoms with Gasteiger partial charge in [-0.3, -0.25) is 0 Å². The summed E-state index contributed by atoms with van der Waals surface area (Å²) in [6, 6.07) is 6.32. The Morgan fingerprint density at radius 3 is 2.53 bits per heavy atom. The number of hydrogen-bond donors (Lipinski definition) is 1. The molecule has 0 fully saturated rings. The molecule has 0 aliphatic carbocycles. The van der Waals surface area contributed by atoms with Gasteiger partial charge >= 0.3 is 0 Å². The van der Waals surface area contributed by atoms with Gasteiger partial charge in [0.25, 0.3) is 0 Å². The smallest absolute Gasteiger partial charge is 0.120 e. The summed E-state index contributed by atoms with van der Waals surface area (Å²) in [5, 5.41) is 3.35. The second-order valence-electron chi connectivity index (χ2n) is 4.58. The fourth-order valence-electron chi connectivity index (χ4n) is 1.81. The van der Waals surface area contributed by atoms with Crippen molar-refractivity contribution in [1.29, 1.82) is 0 Å². The first kappa shape index (κ1) is 14.0. The summed E-state index contributed by atoms with van der Waals surface area (Å²) < 4.78 is 6.03. The van der Waals surface area contributed by atoms with Crippen LogP contribution in [0.1, 0.15) is 37.8 Å². The molecule has 2 heteroatoms. The highest BCUT2D eigenvalue weighted by atomic mass is 16.5. The Morgan fingerprint density at radius 2 is 1.94 bits per heavy atom. The molecular formula is C15H25NO. The van der Waals surface area contributed by atoms with Gasteiger partial charge in [0, 0.05) is 6.54 Å². The van der Waals surface area contributed by atoms with Gasteiger partial charge in [0.15, 0.2) is 0 Å². The average molecular weight is 235 g/mol. The third-order valence-electron chi connectivity index (χ3n) is 3.01. The van der Waals surface area contributed by atoms with Gasteiger partial charge in [0.2, 0.25) is 0 Å². The predicted octanol–water partition coefficient (Wildman–Crippen LogP) is 3.46. The van der Waals surface area contributed by atoms with E-state index >= 15 is 0 Å². The Balaban J connectivity index is 2.61. The molecule has 1 atom stereocenters. The molecule has 0 spiro atoms. The van der Waals surface area contributed by atoms with Crippen molar-refractivity contribution in [3.63, 3.8) is 0 Å². The predicted molar refractivity (Wildman–Crippen MR) is 73.8 cm³/mol. The van der Waals surface area contributed by atoms with Crippen molar-refractivity contribution >= 4 is 0 Å². The summed E-state index contributed by atoms with van der Waals surface area (Å²) in [7, 11) is 0. The number of hydrogen-bond acceptors (Lipinski definition) is 2. The zero-order chi connectivity index (χ0) is 12.7. The number of likely N-dealkylation sites (N-methyl/N-ethyl adjacent to an activating group) is 1. The van der Waals surface area contributed by atoms with Crippen LogP contribution in [0, 0.1) is 13.8 Å². The van der Waals surface area contributed by atoms with Crippen molar-refractivity contribution in [3.8, 4) is 5.75 Å². The largest absolute Gasteiger partial charge is 0.489 e. The van der Waals surface area contributed by atoms with Crippen LogP contribution in [0.5, 0.6) is 5.75 Å². The summed E-state index contributed by atoms with van der Waals surface area (Å²) in [4.78, 5) is 0. The Labute approximate surface area is 105 Å². The van der Waals surface area contributed by atoms with E-state index < -0.39 is 0 Å². The van der Waals surface area contributed by atoms with Crippen LogP contribution in [0.15, 0.2) is 18.2 Å². The quantitative estimate of drug-likeness (QED) is 0.781. The van der Waals surface area contributed by atoms with Gasteiger partial charge in [-0.15, -0.1) is 0 Å². The number of rotatable bonds is 7. The van der Waals surface area contributed by atoms with Gasteiger partial charge < -0.3 is 10.1 Å². The summed E-state index contributed by atoms with van der Waals surface area (Å²) in [5.74, 6) is 0.990. The lowest BCUT2D eigenvalue weighted by atomic mass is 10.1. The van der Waals surface area contributed by atoms with E-state index in [1.165, 1.54) is 11.1 Å². The maximum absolute atomic E-state index is 6.03. The van der Waals surface area contributed by atoms with E-state index in [-0.39, 0.29) is 6.10 Å². The monoisotopic (exact) mass is 235 g/mol. The zero-order valence-corrected chi connectivity index (χ0v) is 11.5. The van der Waals surface area contributed by atoms with Crippen molar-refractivity contribution in [1.82, 2.24) is 5.32 Å².